The highest BCUT2D eigenvalue weighted by atomic mass is 35.5. The molecule has 1 aliphatic heterocycles. The fourth-order valence-corrected chi connectivity index (χ4v) is 3.37. The van der Waals surface area contributed by atoms with Crippen LogP contribution in [0.25, 0.3) is 22.4 Å². The molecule has 0 radical (unpaired) electrons. The molecule has 4 heteroatoms. The Hall–Kier alpha value is -2.13. The molecule has 2 nitrogen and oxygen atoms in total. The van der Waals surface area contributed by atoms with Crippen molar-refractivity contribution < 1.29 is 4.39 Å². The second kappa shape index (κ2) is 7.01. The van der Waals surface area contributed by atoms with Gasteiger partial charge in [-0.3, -0.25) is 0 Å². The summed E-state index contributed by atoms with van der Waals surface area (Å²) in [6.45, 7) is 5.16. The summed E-state index contributed by atoms with van der Waals surface area (Å²) in [6.07, 6.45) is 5.33. The largest absolute Gasteiger partial charge is 0.334 e. The Labute approximate surface area is 154 Å². The van der Waals surface area contributed by atoms with Crippen LogP contribution in [0.3, 0.4) is 0 Å². The minimum atomic E-state index is -0.207. The number of nitrogens with zero attached hydrogens (tertiary/aromatic N) is 2. The number of halogens is 2. The van der Waals surface area contributed by atoms with Crippen LogP contribution in [0, 0.1) is 19.7 Å². The Morgan fingerprint density at radius 1 is 0.960 bits per heavy atom. The number of benzene rings is 2. The molecule has 0 N–H and O–H groups in total. The SMILES string of the molecule is Cc1ccc(-c2ccc(-c3cn4c(n3)CCCC4)c(F)c2)cc1C.Cl. The molecule has 4 rings (SSSR count). The maximum Gasteiger partial charge on any atom is 0.133 e. The van der Waals surface area contributed by atoms with Crippen molar-refractivity contribution in [2.24, 2.45) is 0 Å². The van der Waals surface area contributed by atoms with Crippen molar-refractivity contribution in [3.05, 3.63) is 65.4 Å². The van der Waals surface area contributed by atoms with Gasteiger partial charge in [-0.05, 0) is 61.1 Å². The number of aryl methyl sites for hydroxylation is 4. The first-order chi connectivity index (χ1) is 11.6. The third-order valence-electron chi connectivity index (χ3n) is 4.99. The van der Waals surface area contributed by atoms with E-state index in [1.54, 1.807) is 6.07 Å². The normalized spacial score (nSPS) is 13.2. The molecule has 0 unspecified atom stereocenters. The van der Waals surface area contributed by atoms with Crippen LogP contribution in [-0.4, -0.2) is 9.55 Å². The second-order valence-electron chi connectivity index (χ2n) is 6.69. The van der Waals surface area contributed by atoms with E-state index in [1.165, 1.54) is 24.0 Å². The molecule has 1 aliphatic rings. The minimum absolute atomic E-state index is 0. The fourth-order valence-electron chi connectivity index (χ4n) is 3.37. The lowest BCUT2D eigenvalue weighted by Crippen LogP contribution is -2.08. The van der Waals surface area contributed by atoms with E-state index < -0.39 is 0 Å². The number of rotatable bonds is 2. The van der Waals surface area contributed by atoms with Crippen LogP contribution in [0.1, 0.15) is 29.8 Å². The molecule has 25 heavy (non-hydrogen) atoms. The van der Waals surface area contributed by atoms with E-state index >= 15 is 0 Å². The molecule has 0 atom stereocenters. The smallest absolute Gasteiger partial charge is 0.133 e. The highest BCUT2D eigenvalue weighted by Gasteiger charge is 2.16. The Bertz CT molecular complexity index is 891. The predicted octanol–water partition coefficient (Wildman–Crippen LogP) is 5.73. The average Bonchev–Trinajstić information content (AvgIpc) is 3.01. The molecule has 0 saturated heterocycles. The van der Waals surface area contributed by atoms with Crippen LogP contribution in [-0.2, 0) is 13.0 Å². The topological polar surface area (TPSA) is 17.8 Å². The van der Waals surface area contributed by atoms with Crippen molar-refractivity contribution >= 4 is 12.4 Å². The molecule has 0 fully saturated rings. The standard InChI is InChI=1S/C21H21FN2.ClH/c1-14-6-7-16(11-15(14)2)17-8-9-18(19(22)12-17)20-13-24-10-4-3-5-21(24)23-20;/h6-9,11-13H,3-5,10H2,1-2H3;1H. The molecular weight excluding hydrogens is 335 g/mol. The summed E-state index contributed by atoms with van der Waals surface area (Å²) >= 11 is 0. The van der Waals surface area contributed by atoms with Gasteiger partial charge in [0.2, 0.25) is 0 Å². The summed E-state index contributed by atoms with van der Waals surface area (Å²) in [5, 5.41) is 0. The van der Waals surface area contributed by atoms with Gasteiger partial charge in [-0.25, -0.2) is 9.37 Å². The van der Waals surface area contributed by atoms with Crippen molar-refractivity contribution in [1.29, 1.82) is 0 Å². The third kappa shape index (κ3) is 3.34. The van der Waals surface area contributed by atoms with E-state index in [2.05, 4.69) is 35.5 Å². The van der Waals surface area contributed by atoms with Gasteiger partial charge in [0.15, 0.2) is 0 Å². The Morgan fingerprint density at radius 3 is 2.44 bits per heavy atom. The zero-order chi connectivity index (χ0) is 16.7. The van der Waals surface area contributed by atoms with E-state index in [0.717, 1.165) is 35.6 Å². The zero-order valence-electron chi connectivity index (χ0n) is 14.6. The third-order valence-corrected chi connectivity index (χ3v) is 4.99. The Balaban J connectivity index is 0.00000182. The first-order valence-corrected chi connectivity index (χ1v) is 8.55. The molecule has 0 aliphatic carbocycles. The molecule has 2 aromatic carbocycles. The van der Waals surface area contributed by atoms with Gasteiger partial charge in [0.25, 0.3) is 0 Å². The molecule has 0 bridgehead atoms. The van der Waals surface area contributed by atoms with Gasteiger partial charge in [-0.1, -0.05) is 24.3 Å². The first-order valence-electron chi connectivity index (χ1n) is 8.55. The van der Waals surface area contributed by atoms with Gasteiger partial charge in [-0.15, -0.1) is 12.4 Å². The highest BCUT2D eigenvalue weighted by Crippen LogP contribution is 2.29. The lowest BCUT2D eigenvalue weighted by molar-refractivity contribution is 0.522. The number of hydrogen-bond acceptors (Lipinski definition) is 1. The summed E-state index contributed by atoms with van der Waals surface area (Å²) in [5.74, 6) is 0.870. The monoisotopic (exact) mass is 356 g/mol. The molecule has 0 saturated carbocycles. The van der Waals surface area contributed by atoms with Crippen LogP contribution in [0.4, 0.5) is 4.39 Å². The molecule has 0 spiro atoms. The van der Waals surface area contributed by atoms with Crippen molar-refractivity contribution in [3.8, 4) is 22.4 Å². The van der Waals surface area contributed by atoms with Crippen molar-refractivity contribution in [2.75, 3.05) is 0 Å². The summed E-state index contributed by atoms with van der Waals surface area (Å²) in [6, 6.07) is 11.7. The summed E-state index contributed by atoms with van der Waals surface area (Å²) in [4.78, 5) is 4.63. The fraction of sp³-hybridized carbons (Fsp3) is 0.286. The van der Waals surface area contributed by atoms with Crippen LogP contribution in [0.5, 0.6) is 0 Å². The van der Waals surface area contributed by atoms with E-state index in [9.17, 15) is 4.39 Å². The summed E-state index contributed by atoms with van der Waals surface area (Å²) in [7, 11) is 0. The highest BCUT2D eigenvalue weighted by molar-refractivity contribution is 5.85. The lowest BCUT2D eigenvalue weighted by Gasteiger charge is -2.11. The van der Waals surface area contributed by atoms with Gasteiger partial charge >= 0.3 is 0 Å². The van der Waals surface area contributed by atoms with Gasteiger partial charge in [-0.2, -0.15) is 0 Å². The van der Waals surface area contributed by atoms with Crippen LogP contribution in [0.15, 0.2) is 42.6 Å². The molecule has 0 amide bonds. The van der Waals surface area contributed by atoms with Crippen molar-refractivity contribution in [1.82, 2.24) is 9.55 Å². The Kier molecular flexibility index (Phi) is 4.96. The number of aromatic nitrogens is 2. The Morgan fingerprint density at radius 2 is 1.72 bits per heavy atom. The maximum absolute atomic E-state index is 14.7. The van der Waals surface area contributed by atoms with Gasteiger partial charge in [0.05, 0.1) is 5.69 Å². The van der Waals surface area contributed by atoms with E-state index in [-0.39, 0.29) is 18.2 Å². The number of hydrogen-bond donors (Lipinski definition) is 0. The van der Waals surface area contributed by atoms with Crippen molar-refractivity contribution in [3.63, 3.8) is 0 Å². The van der Waals surface area contributed by atoms with E-state index in [0.29, 0.717) is 5.56 Å². The lowest BCUT2D eigenvalue weighted by atomic mass is 9.99. The van der Waals surface area contributed by atoms with Crippen molar-refractivity contribution in [2.45, 2.75) is 39.7 Å². The molecule has 2 heterocycles. The molecule has 1 aromatic heterocycles. The second-order valence-corrected chi connectivity index (χ2v) is 6.69. The summed E-state index contributed by atoms with van der Waals surface area (Å²) < 4.78 is 16.9. The first kappa shape index (κ1) is 17.7. The average molecular weight is 357 g/mol. The van der Waals surface area contributed by atoms with E-state index in [4.69, 9.17) is 0 Å². The maximum atomic E-state index is 14.7. The van der Waals surface area contributed by atoms with E-state index in [1.807, 2.05) is 24.4 Å². The van der Waals surface area contributed by atoms with Crippen LogP contribution in [0.2, 0.25) is 0 Å². The van der Waals surface area contributed by atoms with Crippen LogP contribution < -0.4 is 0 Å². The molecular formula is C21H22ClFN2. The number of fused-ring (bicyclic) bond motifs is 1. The quantitative estimate of drug-likeness (QED) is 0.573. The van der Waals surface area contributed by atoms with Gasteiger partial charge in [0, 0.05) is 24.7 Å². The minimum Gasteiger partial charge on any atom is -0.334 e. The zero-order valence-corrected chi connectivity index (χ0v) is 15.4. The van der Waals surface area contributed by atoms with Gasteiger partial charge < -0.3 is 4.57 Å². The summed E-state index contributed by atoms with van der Waals surface area (Å²) in [5.41, 5.74) is 5.76. The predicted molar refractivity (Wildman–Crippen MR) is 103 cm³/mol. The van der Waals surface area contributed by atoms with Gasteiger partial charge in [0.1, 0.15) is 11.6 Å². The van der Waals surface area contributed by atoms with Crippen LogP contribution >= 0.6 is 12.4 Å². The molecule has 3 aromatic rings. The molecule has 130 valence electrons. The number of imidazole rings is 1.